The van der Waals surface area contributed by atoms with E-state index in [4.69, 9.17) is 0 Å². The Morgan fingerprint density at radius 2 is 1.78 bits per heavy atom. The van der Waals surface area contributed by atoms with Gasteiger partial charge >= 0.3 is 0 Å². The number of amides is 2. The Hall–Kier alpha value is -1.15. The lowest BCUT2D eigenvalue weighted by Crippen LogP contribution is -2.50. The van der Waals surface area contributed by atoms with Gasteiger partial charge in [-0.05, 0) is 42.9 Å². The van der Waals surface area contributed by atoms with Gasteiger partial charge < -0.3 is 10.2 Å². The van der Waals surface area contributed by atoms with Gasteiger partial charge in [-0.15, -0.1) is 0 Å². The van der Waals surface area contributed by atoms with Crippen LogP contribution in [-0.2, 0) is 19.6 Å². The first-order chi connectivity index (χ1) is 12.5. The standard InChI is InChI=1S/C19H33N3O4S/c1-14(2)11-20-17(24)19-6-5-18(16(19)12-21(13-19)15(3)23)7-9-22(10-8-18)27(4,25)26/h14,16H,5-13H2,1-4H3,(H,20,24)/t16-,19+/m1/s1. The van der Waals surface area contributed by atoms with Crippen molar-refractivity contribution < 1.29 is 18.0 Å². The summed E-state index contributed by atoms with van der Waals surface area (Å²) in [4.78, 5) is 27.1. The molecule has 0 aromatic heterocycles. The Morgan fingerprint density at radius 1 is 1.15 bits per heavy atom. The molecular formula is C19H33N3O4S. The first-order valence-corrected chi connectivity index (χ1v) is 11.8. The van der Waals surface area contributed by atoms with Gasteiger partial charge in [-0.25, -0.2) is 12.7 Å². The number of piperidine rings is 1. The van der Waals surface area contributed by atoms with Crippen LogP contribution in [0.15, 0.2) is 0 Å². The van der Waals surface area contributed by atoms with E-state index < -0.39 is 15.4 Å². The van der Waals surface area contributed by atoms with Crippen LogP contribution < -0.4 is 5.32 Å². The van der Waals surface area contributed by atoms with Crippen LogP contribution in [0.5, 0.6) is 0 Å². The minimum atomic E-state index is -3.18. The van der Waals surface area contributed by atoms with Gasteiger partial charge in [0.1, 0.15) is 0 Å². The highest BCUT2D eigenvalue weighted by Crippen LogP contribution is 2.62. The van der Waals surface area contributed by atoms with Gasteiger partial charge in [-0.2, -0.15) is 0 Å². The number of nitrogens with one attached hydrogen (secondary N) is 1. The first kappa shape index (κ1) is 20.6. The van der Waals surface area contributed by atoms with E-state index in [9.17, 15) is 18.0 Å². The first-order valence-electron chi connectivity index (χ1n) is 9.99. The van der Waals surface area contributed by atoms with Crippen molar-refractivity contribution in [2.75, 3.05) is 39.0 Å². The number of likely N-dealkylation sites (tertiary alicyclic amines) is 1. The van der Waals surface area contributed by atoms with Crippen molar-refractivity contribution in [1.82, 2.24) is 14.5 Å². The van der Waals surface area contributed by atoms with E-state index >= 15 is 0 Å². The van der Waals surface area contributed by atoms with Crippen molar-refractivity contribution in [3.05, 3.63) is 0 Å². The molecule has 3 fully saturated rings. The van der Waals surface area contributed by atoms with Crippen LogP contribution in [0.2, 0.25) is 0 Å². The Morgan fingerprint density at radius 3 is 2.30 bits per heavy atom. The SMILES string of the molecule is CC(=O)N1C[C@@H]2C3(CCN(S(C)(=O)=O)CC3)CC[C@]2(C(=O)NCC(C)C)C1. The number of nitrogens with zero attached hydrogens (tertiary/aromatic N) is 2. The molecule has 2 aliphatic heterocycles. The molecule has 0 radical (unpaired) electrons. The third-order valence-electron chi connectivity index (χ3n) is 7.11. The Bertz CT molecular complexity index is 712. The van der Waals surface area contributed by atoms with E-state index in [0.29, 0.717) is 38.6 Å². The van der Waals surface area contributed by atoms with Crippen LogP contribution >= 0.6 is 0 Å². The maximum absolute atomic E-state index is 13.2. The molecule has 7 nitrogen and oxygen atoms in total. The summed E-state index contributed by atoms with van der Waals surface area (Å²) in [5.41, 5.74) is -0.561. The van der Waals surface area contributed by atoms with Gasteiger partial charge in [0.15, 0.2) is 0 Å². The number of carbonyl (C=O) groups excluding carboxylic acids is 2. The molecule has 0 aromatic carbocycles. The van der Waals surface area contributed by atoms with Crippen molar-refractivity contribution >= 4 is 21.8 Å². The summed E-state index contributed by atoms with van der Waals surface area (Å²) in [5.74, 6) is 0.585. The van der Waals surface area contributed by atoms with Gasteiger partial charge in [-0.1, -0.05) is 13.8 Å². The van der Waals surface area contributed by atoms with Crippen LogP contribution in [0.4, 0.5) is 0 Å². The number of fused-ring (bicyclic) bond motifs is 2. The topological polar surface area (TPSA) is 86.8 Å². The molecule has 3 aliphatic rings. The summed E-state index contributed by atoms with van der Waals surface area (Å²) in [6.45, 7) is 8.49. The second-order valence-corrected chi connectivity index (χ2v) is 11.2. The van der Waals surface area contributed by atoms with Crippen molar-refractivity contribution in [3.8, 4) is 0 Å². The molecule has 27 heavy (non-hydrogen) atoms. The second-order valence-electron chi connectivity index (χ2n) is 9.24. The molecule has 1 spiro atoms. The summed E-state index contributed by atoms with van der Waals surface area (Å²) in [5, 5.41) is 3.12. The molecule has 8 heteroatoms. The fraction of sp³-hybridized carbons (Fsp3) is 0.895. The van der Waals surface area contributed by atoms with Gasteiger partial charge in [0.2, 0.25) is 21.8 Å². The maximum atomic E-state index is 13.2. The lowest BCUT2D eigenvalue weighted by atomic mass is 9.66. The van der Waals surface area contributed by atoms with E-state index in [2.05, 4.69) is 19.2 Å². The van der Waals surface area contributed by atoms with Crippen LogP contribution in [0.1, 0.15) is 46.5 Å². The summed E-state index contributed by atoms with van der Waals surface area (Å²) >= 11 is 0. The lowest BCUT2D eigenvalue weighted by Gasteiger charge is -2.43. The largest absolute Gasteiger partial charge is 0.355 e. The molecule has 2 amide bonds. The average Bonchev–Trinajstić information content (AvgIpc) is 3.10. The van der Waals surface area contributed by atoms with Crippen LogP contribution in [-0.4, -0.2) is 68.4 Å². The van der Waals surface area contributed by atoms with Crippen molar-refractivity contribution in [2.45, 2.75) is 46.5 Å². The quantitative estimate of drug-likeness (QED) is 0.766. The highest BCUT2D eigenvalue weighted by molar-refractivity contribution is 7.88. The van der Waals surface area contributed by atoms with E-state index in [1.807, 2.05) is 4.90 Å². The number of sulfonamides is 1. The van der Waals surface area contributed by atoms with E-state index in [1.54, 1.807) is 11.2 Å². The highest BCUT2D eigenvalue weighted by Gasteiger charge is 2.64. The van der Waals surface area contributed by atoms with Gasteiger partial charge in [-0.3, -0.25) is 9.59 Å². The summed E-state index contributed by atoms with van der Waals surface area (Å²) < 4.78 is 25.3. The van der Waals surface area contributed by atoms with E-state index in [0.717, 1.165) is 25.7 Å². The van der Waals surface area contributed by atoms with E-state index in [1.165, 1.54) is 6.26 Å². The van der Waals surface area contributed by atoms with Gasteiger partial charge in [0.25, 0.3) is 0 Å². The molecule has 1 N–H and O–H groups in total. The normalized spacial score (nSPS) is 30.7. The molecule has 1 aliphatic carbocycles. The maximum Gasteiger partial charge on any atom is 0.228 e. The minimum Gasteiger partial charge on any atom is -0.355 e. The fourth-order valence-corrected chi connectivity index (χ4v) is 6.35. The third kappa shape index (κ3) is 3.62. The minimum absolute atomic E-state index is 0.0177. The molecule has 2 saturated heterocycles. The van der Waals surface area contributed by atoms with Gasteiger partial charge in [0.05, 0.1) is 11.7 Å². The Balaban J connectivity index is 1.84. The predicted octanol–water partition coefficient (Wildman–Crippen LogP) is 1.06. The third-order valence-corrected chi connectivity index (χ3v) is 8.41. The summed E-state index contributed by atoms with van der Waals surface area (Å²) in [6.07, 6.45) is 4.53. The highest BCUT2D eigenvalue weighted by atomic mass is 32.2. The van der Waals surface area contributed by atoms with Gasteiger partial charge in [0, 0.05) is 39.6 Å². The monoisotopic (exact) mass is 399 g/mol. The van der Waals surface area contributed by atoms with Crippen LogP contribution in [0.25, 0.3) is 0 Å². The molecule has 2 atom stereocenters. The zero-order valence-electron chi connectivity index (χ0n) is 17.0. The molecule has 1 saturated carbocycles. The Kier molecular flexibility index (Phi) is 5.36. The number of carbonyl (C=O) groups is 2. The van der Waals surface area contributed by atoms with Crippen molar-refractivity contribution in [2.24, 2.45) is 22.7 Å². The molecule has 0 unspecified atom stereocenters. The Labute approximate surface area is 162 Å². The number of rotatable bonds is 4. The average molecular weight is 400 g/mol. The van der Waals surface area contributed by atoms with Crippen LogP contribution in [0, 0.1) is 22.7 Å². The number of hydrogen-bond donors (Lipinski definition) is 1. The van der Waals surface area contributed by atoms with Crippen molar-refractivity contribution in [3.63, 3.8) is 0 Å². The number of hydrogen-bond acceptors (Lipinski definition) is 4. The molecular weight excluding hydrogens is 366 g/mol. The summed E-state index contributed by atoms with van der Waals surface area (Å²) in [7, 11) is -3.18. The molecule has 2 heterocycles. The molecule has 154 valence electrons. The van der Waals surface area contributed by atoms with E-state index in [-0.39, 0.29) is 23.1 Å². The smallest absolute Gasteiger partial charge is 0.228 e. The molecule has 0 bridgehead atoms. The van der Waals surface area contributed by atoms with Crippen LogP contribution in [0.3, 0.4) is 0 Å². The zero-order chi connectivity index (χ0) is 20.0. The van der Waals surface area contributed by atoms with Crippen molar-refractivity contribution in [1.29, 1.82) is 0 Å². The predicted molar refractivity (Wildman–Crippen MR) is 103 cm³/mol. The lowest BCUT2D eigenvalue weighted by molar-refractivity contribution is -0.133. The fourth-order valence-electron chi connectivity index (χ4n) is 5.51. The second kappa shape index (κ2) is 7.03. The zero-order valence-corrected chi connectivity index (χ0v) is 17.8. The summed E-state index contributed by atoms with van der Waals surface area (Å²) in [6, 6.07) is 0. The molecule has 0 aromatic rings. The molecule has 3 rings (SSSR count).